The lowest BCUT2D eigenvalue weighted by atomic mass is 10.2. The Hall–Kier alpha value is -1.29. The van der Waals surface area contributed by atoms with Crippen LogP contribution >= 0.6 is 11.6 Å². The van der Waals surface area contributed by atoms with Crippen LogP contribution in [0, 0.1) is 0 Å². The quantitative estimate of drug-likeness (QED) is 0.792. The normalized spacial score (nSPS) is 11.9. The molecule has 4 nitrogen and oxygen atoms in total. The maximum Gasteiger partial charge on any atom is 0.238 e. The molecule has 0 aromatic carbocycles. The van der Waals surface area contributed by atoms with Crippen LogP contribution in [0.25, 0.3) is 0 Å². The minimum atomic E-state index is -0.535. The van der Waals surface area contributed by atoms with Crippen molar-refractivity contribution in [1.29, 1.82) is 0 Å². The lowest BCUT2D eigenvalue weighted by Gasteiger charge is -2.09. The molecule has 82 valence electrons. The number of carbonyl (C=O) groups excluding carboxylic acids is 1. The first-order valence-electron chi connectivity index (χ1n) is 4.54. The molecule has 0 saturated heterocycles. The van der Waals surface area contributed by atoms with Gasteiger partial charge in [0.2, 0.25) is 11.8 Å². The van der Waals surface area contributed by atoms with Crippen molar-refractivity contribution in [2.45, 2.75) is 18.8 Å². The molecule has 15 heavy (non-hydrogen) atoms. The average molecular weight is 229 g/mol. The Bertz CT molecular complexity index is 342. The number of hydrogen-bond acceptors (Lipinski definition) is 3. The van der Waals surface area contributed by atoms with Gasteiger partial charge in [0.1, 0.15) is 5.38 Å². The Morgan fingerprint density at radius 1 is 1.73 bits per heavy atom. The number of amides is 1. The van der Waals surface area contributed by atoms with E-state index in [0.29, 0.717) is 12.4 Å². The summed E-state index contributed by atoms with van der Waals surface area (Å²) in [5.74, 6) is 0.308. The monoisotopic (exact) mass is 228 g/mol. The summed E-state index contributed by atoms with van der Waals surface area (Å²) in [6.07, 6.45) is 1.63. The highest BCUT2D eigenvalue weighted by molar-refractivity contribution is 6.30. The molecule has 1 atom stereocenters. The van der Waals surface area contributed by atoms with Crippen molar-refractivity contribution in [2.75, 3.05) is 7.11 Å². The fourth-order valence-electron chi connectivity index (χ4n) is 1.07. The molecule has 1 rings (SSSR count). The molecule has 1 unspecified atom stereocenters. The average Bonchev–Trinajstić information content (AvgIpc) is 2.26. The third-order valence-corrected chi connectivity index (χ3v) is 2.06. The van der Waals surface area contributed by atoms with Crippen molar-refractivity contribution in [1.82, 2.24) is 10.3 Å². The van der Waals surface area contributed by atoms with E-state index >= 15 is 0 Å². The van der Waals surface area contributed by atoms with E-state index in [4.69, 9.17) is 16.3 Å². The molecule has 0 aliphatic heterocycles. The highest BCUT2D eigenvalue weighted by Crippen LogP contribution is 2.12. The van der Waals surface area contributed by atoms with Crippen molar-refractivity contribution in [3.05, 3.63) is 23.9 Å². The minimum absolute atomic E-state index is 0.206. The number of hydrogen-bond donors (Lipinski definition) is 1. The summed E-state index contributed by atoms with van der Waals surface area (Å²) in [6.45, 7) is 1.99. The summed E-state index contributed by atoms with van der Waals surface area (Å²) in [6, 6.07) is 3.62. The number of carbonyl (C=O) groups is 1. The molecule has 0 bridgehead atoms. The highest BCUT2D eigenvalue weighted by atomic mass is 35.5. The van der Waals surface area contributed by atoms with Crippen molar-refractivity contribution >= 4 is 17.5 Å². The van der Waals surface area contributed by atoms with E-state index in [9.17, 15) is 4.79 Å². The standard InChI is InChI=1S/C10H13ClN2O2/c1-7(11)9(14)13-6-8-4-3-5-12-10(8)15-2/h3-5,7H,6H2,1-2H3,(H,13,14). The number of aromatic nitrogens is 1. The van der Waals surface area contributed by atoms with Crippen LogP contribution in [0.2, 0.25) is 0 Å². The van der Waals surface area contributed by atoms with Crippen molar-refractivity contribution in [3.63, 3.8) is 0 Å². The van der Waals surface area contributed by atoms with E-state index in [0.717, 1.165) is 5.56 Å². The molecule has 0 aliphatic rings. The lowest BCUT2D eigenvalue weighted by molar-refractivity contribution is -0.120. The van der Waals surface area contributed by atoms with Gasteiger partial charge in [0, 0.05) is 18.3 Å². The van der Waals surface area contributed by atoms with Gasteiger partial charge in [-0.25, -0.2) is 4.98 Å². The number of halogens is 1. The molecule has 1 aromatic heterocycles. The first-order chi connectivity index (χ1) is 7.15. The van der Waals surface area contributed by atoms with Crippen LogP contribution in [0.15, 0.2) is 18.3 Å². The molecule has 1 amide bonds. The van der Waals surface area contributed by atoms with Crippen LogP contribution in [0.3, 0.4) is 0 Å². The maximum atomic E-state index is 11.2. The van der Waals surface area contributed by atoms with Crippen LogP contribution < -0.4 is 10.1 Å². The molecule has 5 heteroatoms. The van der Waals surface area contributed by atoms with Crippen LogP contribution in [-0.4, -0.2) is 23.4 Å². The zero-order valence-electron chi connectivity index (χ0n) is 8.66. The van der Waals surface area contributed by atoms with Gasteiger partial charge in [0.15, 0.2) is 0 Å². The number of alkyl halides is 1. The number of pyridine rings is 1. The third-order valence-electron chi connectivity index (χ3n) is 1.86. The smallest absolute Gasteiger partial charge is 0.238 e. The Labute approximate surface area is 93.6 Å². The molecule has 0 aliphatic carbocycles. The van der Waals surface area contributed by atoms with Crippen molar-refractivity contribution in [2.24, 2.45) is 0 Å². The van der Waals surface area contributed by atoms with Crippen LogP contribution in [0.5, 0.6) is 5.88 Å². The predicted molar refractivity (Wildman–Crippen MR) is 58.0 cm³/mol. The van der Waals surface area contributed by atoms with E-state index in [2.05, 4.69) is 10.3 Å². The summed E-state index contributed by atoms with van der Waals surface area (Å²) in [5, 5.41) is 2.15. The molecular formula is C10H13ClN2O2. The second-order valence-electron chi connectivity index (χ2n) is 3.01. The van der Waals surface area contributed by atoms with E-state index in [1.54, 1.807) is 19.2 Å². The highest BCUT2D eigenvalue weighted by Gasteiger charge is 2.09. The number of ether oxygens (including phenoxy) is 1. The Kier molecular flexibility index (Phi) is 4.37. The van der Waals surface area contributed by atoms with Gasteiger partial charge in [-0.2, -0.15) is 0 Å². The molecular weight excluding hydrogens is 216 g/mol. The molecule has 0 spiro atoms. The molecule has 1 heterocycles. The SMILES string of the molecule is COc1ncccc1CNC(=O)C(C)Cl. The van der Waals surface area contributed by atoms with Gasteiger partial charge in [0.25, 0.3) is 0 Å². The second kappa shape index (κ2) is 5.56. The Morgan fingerprint density at radius 2 is 2.47 bits per heavy atom. The van der Waals surface area contributed by atoms with E-state index < -0.39 is 5.38 Å². The van der Waals surface area contributed by atoms with Crippen LogP contribution in [0.4, 0.5) is 0 Å². The number of rotatable bonds is 4. The summed E-state index contributed by atoms with van der Waals surface area (Å²) >= 11 is 5.61. The number of nitrogens with one attached hydrogen (secondary N) is 1. The second-order valence-corrected chi connectivity index (χ2v) is 3.66. The number of methoxy groups -OCH3 is 1. The summed E-state index contributed by atoms with van der Waals surface area (Å²) < 4.78 is 5.04. The Balaban J connectivity index is 2.61. The lowest BCUT2D eigenvalue weighted by Crippen LogP contribution is -2.29. The first kappa shape index (κ1) is 11.8. The summed E-state index contributed by atoms with van der Waals surface area (Å²) in [5.41, 5.74) is 0.825. The first-order valence-corrected chi connectivity index (χ1v) is 4.98. The van der Waals surface area contributed by atoms with Gasteiger partial charge in [-0.3, -0.25) is 4.79 Å². The maximum absolute atomic E-state index is 11.2. The number of nitrogens with zero attached hydrogens (tertiary/aromatic N) is 1. The fourth-order valence-corrected chi connectivity index (χ4v) is 1.14. The zero-order chi connectivity index (χ0) is 11.3. The summed E-state index contributed by atoms with van der Waals surface area (Å²) in [7, 11) is 1.54. The topological polar surface area (TPSA) is 51.2 Å². The molecule has 0 radical (unpaired) electrons. The minimum Gasteiger partial charge on any atom is -0.481 e. The fraction of sp³-hybridized carbons (Fsp3) is 0.400. The Morgan fingerprint density at radius 3 is 3.07 bits per heavy atom. The largest absolute Gasteiger partial charge is 0.481 e. The van der Waals surface area contributed by atoms with E-state index in [1.165, 1.54) is 7.11 Å². The van der Waals surface area contributed by atoms with E-state index in [1.807, 2.05) is 6.07 Å². The zero-order valence-corrected chi connectivity index (χ0v) is 9.41. The van der Waals surface area contributed by atoms with Crippen molar-refractivity contribution < 1.29 is 9.53 Å². The van der Waals surface area contributed by atoms with Gasteiger partial charge < -0.3 is 10.1 Å². The summed E-state index contributed by atoms with van der Waals surface area (Å²) in [4.78, 5) is 15.2. The van der Waals surface area contributed by atoms with Gasteiger partial charge >= 0.3 is 0 Å². The van der Waals surface area contributed by atoms with Crippen LogP contribution in [-0.2, 0) is 11.3 Å². The van der Waals surface area contributed by atoms with Gasteiger partial charge in [-0.05, 0) is 13.0 Å². The third kappa shape index (κ3) is 3.40. The molecule has 1 N–H and O–H groups in total. The van der Waals surface area contributed by atoms with Gasteiger partial charge in [0.05, 0.1) is 7.11 Å². The molecule has 1 aromatic rings. The molecule has 0 fully saturated rings. The predicted octanol–water partition coefficient (Wildman–Crippen LogP) is 1.33. The van der Waals surface area contributed by atoms with Gasteiger partial charge in [-0.15, -0.1) is 11.6 Å². The van der Waals surface area contributed by atoms with Crippen molar-refractivity contribution in [3.8, 4) is 5.88 Å². The van der Waals surface area contributed by atoms with Crippen LogP contribution in [0.1, 0.15) is 12.5 Å². The van der Waals surface area contributed by atoms with Gasteiger partial charge in [-0.1, -0.05) is 6.07 Å². The van der Waals surface area contributed by atoms with E-state index in [-0.39, 0.29) is 5.91 Å². The molecule has 0 saturated carbocycles.